The van der Waals surface area contributed by atoms with Crippen LogP contribution in [0.3, 0.4) is 0 Å². The number of hydrogen-bond acceptors (Lipinski definition) is 4. The number of pyridine rings is 1. The number of hydrogen-bond donors (Lipinski definition) is 2. The van der Waals surface area contributed by atoms with Crippen LogP contribution in [-0.2, 0) is 6.42 Å². The van der Waals surface area contributed by atoms with E-state index in [1.54, 1.807) is 37.6 Å². The van der Waals surface area contributed by atoms with Gasteiger partial charge in [-0.25, -0.2) is 4.39 Å². The summed E-state index contributed by atoms with van der Waals surface area (Å²) in [6.45, 7) is 0.441. The van der Waals surface area contributed by atoms with E-state index < -0.39 is 0 Å². The van der Waals surface area contributed by atoms with Gasteiger partial charge < -0.3 is 15.4 Å². The van der Waals surface area contributed by atoms with Gasteiger partial charge in [0.15, 0.2) is 0 Å². The summed E-state index contributed by atoms with van der Waals surface area (Å²) >= 11 is 0. The fraction of sp³-hybridized carbons (Fsp3) is 0.143. The summed E-state index contributed by atoms with van der Waals surface area (Å²) in [5.74, 6) is 0.173. The molecular weight excluding hydrogens is 345 g/mol. The molecule has 0 saturated heterocycles. The van der Waals surface area contributed by atoms with Gasteiger partial charge in [-0.1, -0.05) is 24.3 Å². The molecular formula is C21H20FN3O2. The van der Waals surface area contributed by atoms with Crippen LogP contribution in [0.25, 0.3) is 0 Å². The summed E-state index contributed by atoms with van der Waals surface area (Å²) in [6, 6.07) is 17.2. The Hall–Kier alpha value is -3.41. The average Bonchev–Trinajstić information content (AvgIpc) is 2.70. The van der Waals surface area contributed by atoms with E-state index >= 15 is 0 Å². The fourth-order valence-corrected chi connectivity index (χ4v) is 2.60. The first kappa shape index (κ1) is 18.4. The van der Waals surface area contributed by atoms with Crippen LogP contribution in [-0.4, -0.2) is 24.5 Å². The molecule has 0 radical (unpaired) electrons. The van der Waals surface area contributed by atoms with Crippen LogP contribution >= 0.6 is 0 Å². The second-order valence-corrected chi connectivity index (χ2v) is 5.89. The summed E-state index contributed by atoms with van der Waals surface area (Å²) in [4.78, 5) is 16.5. The van der Waals surface area contributed by atoms with E-state index in [9.17, 15) is 9.18 Å². The third-order valence-electron chi connectivity index (χ3n) is 3.99. The molecule has 0 bridgehead atoms. The molecule has 0 atom stereocenters. The van der Waals surface area contributed by atoms with Gasteiger partial charge in [0.1, 0.15) is 17.3 Å². The van der Waals surface area contributed by atoms with Gasteiger partial charge in [0, 0.05) is 18.4 Å². The highest BCUT2D eigenvalue weighted by Crippen LogP contribution is 2.26. The Morgan fingerprint density at radius 3 is 2.67 bits per heavy atom. The van der Waals surface area contributed by atoms with Crippen molar-refractivity contribution in [3.05, 3.63) is 83.9 Å². The summed E-state index contributed by atoms with van der Waals surface area (Å²) in [6.07, 6.45) is 2.19. The summed E-state index contributed by atoms with van der Waals surface area (Å²) in [7, 11) is 1.60. The van der Waals surface area contributed by atoms with E-state index in [-0.39, 0.29) is 11.7 Å². The molecule has 0 aliphatic heterocycles. The molecule has 2 N–H and O–H groups in total. The molecule has 0 aliphatic carbocycles. The minimum absolute atomic E-state index is 0.263. The summed E-state index contributed by atoms with van der Waals surface area (Å²) in [5.41, 5.74) is 2.80. The van der Waals surface area contributed by atoms with E-state index in [1.165, 1.54) is 12.1 Å². The molecule has 5 nitrogen and oxygen atoms in total. The van der Waals surface area contributed by atoms with Crippen molar-refractivity contribution in [1.82, 2.24) is 10.3 Å². The monoisotopic (exact) mass is 365 g/mol. The highest BCUT2D eigenvalue weighted by Gasteiger charge is 2.09. The van der Waals surface area contributed by atoms with Gasteiger partial charge in [0.2, 0.25) is 0 Å². The first-order chi connectivity index (χ1) is 13.2. The number of carbonyl (C=O) groups is 1. The number of aromatic nitrogens is 1. The van der Waals surface area contributed by atoms with Crippen molar-refractivity contribution in [2.45, 2.75) is 6.42 Å². The number of halogens is 1. The molecule has 3 rings (SSSR count). The lowest BCUT2D eigenvalue weighted by molar-refractivity contribution is 0.0949. The molecule has 0 unspecified atom stereocenters. The van der Waals surface area contributed by atoms with Crippen LogP contribution in [0.15, 0.2) is 66.9 Å². The van der Waals surface area contributed by atoms with Crippen molar-refractivity contribution in [2.24, 2.45) is 0 Å². The van der Waals surface area contributed by atoms with Crippen molar-refractivity contribution in [1.29, 1.82) is 0 Å². The minimum Gasteiger partial charge on any atom is -0.495 e. The Morgan fingerprint density at radius 1 is 1.11 bits per heavy atom. The predicted molar refractivity (Wildman–Crippen MR) is 103 cm³/mol. The zero-order valence-corrected chi connectivity index (χ0v) is 14.9. The Kier molecular flexibility index (Phi) is 5.99. The first-order valence-corrected chi connectivity index (χ1v) is 8.54. The second-order valence-electron chi connectivity index (χ2n) is 5.89. The Labute approximate surface area is 157 Å². The molecule has 138 valence electrons. The van der Waals surface area contributed by atoms with E-state index in [4.69, 9.17) is 4.74 Å². The van der Waals surface area contributed by atoms with Crippen molar-refractivity contribution >= 4 is 17.3 Å². The van der Waals surface area contributed by atoms with Crippen molar-refractivity contribution in [3.63, 3.8) is 0 Å². The van der Waals surface area contributed by atoms with Crippen LogP contribution in [0.2, 0.25) is 0 Å². The maximum atomic E-state index is 12.9. The predicted octanol–water partition coefficient (Wildman–Crippen LogP) is 3.95. The fourth-order valence-electron chi connectivity index (χ4n) is 2.60. The topological polar surface area (TPSA) is 63.2 Å². The maximum Gasteiger partial charge on any atom is 0.269 e. The van der Waals surface area contributed by atoms with Gasteiger partial charge in [-0.2, -0.15) is 0 Å². The Bertz CT molecular complexity index is 913. The van der Waals surface area contributed by atoms with Crippen molar-refractivity contribution in [2.75, 3.05) is 19.0 Å². The molecule has 1 amide bonds. The number of para-hydroxylation sites is 2. The van der Waals surface area contributed by atoms with Crippen LogP contribution in [0, 0.1) is 5.82 Å². The number of carbonyl (C=O) groups excluding carboxylic acids is 1. The SMILES string of the molecule is COc1ccccc1Nc1ccnc(C(=O)NCCc2ccc(F)cc2)c1. The quantitative estimate of drug-likeness (QED) is 0.666. The second kappa shape index (κ2) is 8.80. The van der Waals surface area contributed by atoms with Gasteiger partial charge >= 0.3 is 0 Å². The van der Waals surface area contributed by atoms with Crippen LogP contribution in [0.4, 0.5) is 15.8 Å². The number of methoxy groups -OCH3 is 1. The molecule has 3 aromatic rings. The largest absolute Gasteiger partial charge is 0.495 e. The van der Waals surface area contributed by atoms with Gasteiger partial charge in [0.05, 0.1) is 12.8 Å². The molecule has 0 saturated carbocycles. The van der Waals surface area contributed by atoms with E-state index in [2.05, 4.69) is 15.6 Å². The third kappa shape index (κ3) is 5.04. The molecule has 27 heavy (non-hydrogen) atoms. The maximum absolute atomic E-state index is 12.9. The molecule has 1 aromatic heterocycles. The minimum atomic E-state index is -0.272. The van der Waals surface area contributed by atoms with E-state index in [0.717, 1.165) is 16.9 Å². The number of rotatable bonds is 7. The highest BCUT2D eigenvalue weighted by molar-refractivity contribution is 5.93. The summed E-state index contributed by atoms with van der Waals surface area (Å²) in [5, 5.41) is 6.05. The lowest BCUT2D eigenvalue weighted by Gasteiger charge is -2.11. The van der Waals surface area contributed by atoms with Gasteiger partial charge in [-0.3, -0.25) is 9.78 Å². The van der Waals surface area contributed by atoms with Crippen molar-refractivity contribution < 1.29 is 13.9 Å². The first-order valence-electron chi connectivity index (χ1n) is 8.54. The number of amides is 1. The lowest BCUT2D eigenvalue weighted by Crippen LogP contribution is -2.26. The lowest BCUT2D eigenvalue weighted by atomic mass is 10.1. The van der Waals surface area contributed by atoms with Gasteiger partial charge in [0.25, 0.3) is 5.91 Å². The molecule has 0 spiro atoms. The normalized spacial score (nSPS) is 10.3. The van der Waals surface area contributed by atoms with Crippen LogP contribution in [0.5, 0.6) is 5.75 Å². The number of nitrogens with zero attached hydrogens (tertiary/aromatic N) is 1. The molecule has 6 heteroatoms. The smallest absolute Gasteiger partial charge is 0.269 e. The average molecular weight is 365 g/mol. The van der Waals surface area contributed by atoms with Crippen LogP contribution < -0.4 is 15.4 Å². The zero-order valence-electron chi connectivity index (χ0n) is 14.9. The van der Waals surface area contributed by atoms with E-state index in [1.807, 2.05) is 24.3 Å². The molecule has 1 heterocycles. The summed E-state index contributed by atoms with van der Waals surface area (Å²) < 4.78 is 18.2. The molecule has 0 fully saturated rings. The van der Waals surface area contributed by atoms with Crippen LogP contribution in [0.1, 0.15) is 16.1 Å². The number of anilines is 2. The third-order valence-corrected chi connectivity index (χ3v) is 3.99. The number of ether oxygens (including phenoxy) is 1. The standard InChI is InChI=1S/C21H20FN3O2/c1-27-20-5-3-2-4-18(20)25-17-11-13-23-19(14-17)21(26)24-12-10-15-6-8-16(22)9-7-15/h2-9,11,13-14H,10,12H2,1H3,(H,23,25)(H,24,26). The molecule has 0 aliphatic rings. The Morgan fingerprint density at radius 2 is 1.89 bits per heavy atom. The zero-order chi connectivity index (χ0) is 19.1. The highest BCUT2D eigenvalue weighted by atomic mass is 19.1. The Balaban J connectivity index is 1.60. The van der Waals surface area contributed by atoms with Gasteiger partial charge in [-0.15, -0.1) is 0 Å². The van der Waals surface area contributed by atoms with Crippen molar-refractivity contribution in [3.8, 4) is 5.75 Å². The number of benzene rings is 2. The number of nitrogens with one attached hydrogen (secondary N) is 2. The van der Waals surface area contributed by atoms with E-state index in [0.29, 0.717) is 24.4 Å². The van der Waals surface area contributed by atoms with Gasteiger partial charge in [-0.05, 0) is 48.4 Å². The molecule has 2 aromatic carbocycles.